The molecule has 0 aliphatic rings. The molecule has 9 heteroatoms. The van der Waals surface area contributed by atoms with Crippen molar-refractivity contribution >= 4 is 45.7 Å². The van der Waals surface area contributed by atoms with Gasteiger partial charge >= 0.3 is 0 Å². The Balaban J connectivity index is 1.73. The van der Waals surface area contributed by atoms with Crippen LogP contribution in [0.25, 0.3) is 0 Å². The summed E-state index contributed by atoms with van der Waals surface area (Å²) in [7, 11) is 0. The van der Waals surface area contributed by atoms with Crippen LogP contribution in [0.15, 0.2) is 22.5 Å². The highest BCUT2D eigenvalue weighted by Gasteiger charge is 2.11. The smallest absolute Gasteiger partial charge is 0.243 e. The van der Waals surface area contributed by atoms with Gasteiger partial charge in [-0.05, 0) is 44.4 Å². The van der Waals surface area contributed by atoms with Gasteiger partial charge in [0.2, 0.25) is 16.9 Å². The average Bonchev–Trinajstić information content (AvgIpc) is 3.09. The maximum Gasteiger partial charge on any atom is 0.243 e. The zero-order chi connectivity index (χ0) is 19.8. The van der Waals surface area contributed by atoms with Gasteiger partial charge in [-0.25, -0.2) is 0 Å². The summed E-state index contributed by atoms with van der Waals surface area (Å²) in [6.45, 7) is 8.04. The summed E-state index contributed by atoms with van der Waals surface area (Å²) in [6, 6.07) is 6.05. The third-order valence-electron chi connectivity index (χ3n) is 4.04. The van der Waals surface area contributed by atoms with E-state index in [0.29, 0.717) is 6.04 Å². The van der Waals surface area contributed by atoms with E-state index >= 15 is 0 Å². The molecule has 2 aromatic rings. The lowest BCUT2D eigenvalue weighted by atomic mass is 10.1. The Morgan fingerprint density at radius 1 is 1.22 bits per heavy atom. The summed E-state index contributed by atoms with van der Waals surface area (Å²) in [5.41, 5.74) is 2.89. The van der Waals surface area contributed by atoms with Crippen LogP contribution in [0.1, 0.15) is 31.4 Å². The molecule has 0 bridgehead atoms. The number of aromatic nitrogens is 2. The molecule has 146 valence electrons. The number of nitrogens with one attached hydrogen (secondary N) is 3. The molecule has 7 nitrogen and oxygen atoms in total. The molecule has 27 heavy (non-hydrogen) atoms. The number of hydrogen-bond acceptors (Lipinski definition) is 7. The second-order valence-electron chi connectivity index (χ2n) is 6.19. The van der Waals surface area contributed by atoms with Crippen molar-refractivity contribution in [2.24, 2.45) is 0 Å². The lowest BCUT2D eigenvalue weighted by Gasteiger charge is -2.10. The van der Waals surface area contributed by atoms with Crippen molar-refractivity contribution in [1.29, 1.82) is 0 Å². The minimum Gasteiger partial charge on any atom is -0.358 e. The van der Waals surface area contributed by atoms with Crippen LogP contribution in [0, 0.1) is 13.8 Å². The van der Waals surface area contributed by atoms with Gasteiger partial charge in [-0.3, -0.25) is 9.59 Å². The quantitative estimate of drug-likeness (QED) is 0.553. The number of nitrogens with zero attached hydrogens (tertiary/aromatic N) is 2. The number of carbonyl (C=O) groups is 2. The van der Waals surface area contributed by atoms with Crippen molar-refractivity contribution in [3.63, 3.8) is 0 Å². The van der Waals surface area contributed by atoms with Crippen LogP contribution in [0.2, 0.25) is 0 Å². The average molecular weight is 408 g/mol. The predicted octanol–water partition coefficient (Wildman–Crippen LogP) is 3.21. The van der Waals surface area contributed by atoms with E-state index in [1.807, 2.05) is 32.0 Å². The molecule has 0 aliphatic heterocycles. The van der Waals surface area contributed by atoms with Crippen LogP contribution in [-0.4, -0.2) is 40.4 Å². The molecule has 0 saturated heterocycles. The number of rotatable bonds is 9. The maximum absolute atomic E-state index is 12.0. The van der Waals surface area contributed by atoms with E-state index in [1.165, 1.54) is 23.1 Å². The molecule has 1 heterocycles. The van der Waals surface area contributed by atoms with Crippen LogP contribution < -0.4 is 16.0 Å². The summed E-state index contributed by atoms with van der Waals surface area (Å²) in [4.78, 5) is 24.0. The van der Waals surface area contributed by atoms with E-state index in [-0.39, 0.29) is 24.1 Å². The van der Waals surface area contributed by atoms with E-state index in [4.69, 9.17) is 0 Å². The lowest BCUT2D eigenvalue weighted by Crippen LogP contribution is -2.34. The highest BCUT2D eigenvalue weighted by molar-refractivity contribution is 8.01. The molecule has 0 fully saturated rings. The minimum absolute atomic E-state index is 0.0658. The molecular weight excluding hydrogens is 382 g/mol. The summed E-state index contributed by atoms with van der Waals surface area (Å²) in [5.74, 6) is -0.282. The fourth-order valence-corrected chi connectivity index (χ4v) is 3.77. The highest BCUT2D eigenvalue weighted by Crippen LogP contribution is 2.25. The fourth-order valence-electron chi connectivity index (χ4n) is 2.08. The van der Waals surface area contributed by atoms with Crippen LogP contribution in [0.3, 0.4) is 0 Å². The van der Waals surface area contributed by atoms with Crippen LogP contribution >= 0.6 is 23.1 Å². The molecule has 0 radical (unpaired) electrons. The Bertz CT molecular complexity index is 794. The number of thioether (sulfide) groups is 1. The molecule has 0 unspecified atom stereocenters. The van der Waals surface area contributed by atoms with Crippen molar-refractivity contribution < 1.29 is 9.59 Å². The first-order valence-corrected chi connectivity index (χ1v) is 10.5. The molecule has 0 saturated carbocycles. The molecule has 2 rings (SSSR count). The number of anilines is 2. The number of hydrogen-bond donors (Lipinski definition) is 3. The van der Waals surface area contributed by atoms with Gasteiger partial charge in [0.25, 0.3) is 0 Å². The van der Waals surface area contributed by atoms with Crippen LogP contribution in [0.4, 0.5) is 10.8 Å². The van der Waals surface area contributed by atoms with Crippen molar-refractivity contribution in [1.82, 2.24) is 15.5 Å². The maximum atomic E-state index is 12.0. The van der Waals surface area contributed by atoms with Crippen LogP contribution in [-0.2, 0) is 9.59 Å². The van der Waals surface area contributed by atoms with Crippen LogP contribution in [0.5, 0.6) is 0 Å². The monoisotopic (exact) mass is 407 g/mol. The van der Waals surface area contributed by atoms with Gasteiger partial charge in [0.05, 0.1) is 12.3 Å². The standard InChI is InChI=1S/C18H25N5O2S2/c1-5-12(3)20-17-22-23-18(27-17)26-10-16(25)19-9-15(24)21-14-8-6-7-11(2)13(14)4/h6-8,12H,5,9-10H2,1-4H3,(H,19,25)(H,20,22)(H,21,24)/t12-/m0/s1. The van der Waals surface area contributed by atoms with Gasteiger partial charge in [-0.2, -0.15) is 0 Å². The zero-order valence-electron chi connectivity index (χ0n) is 16.0. The molecule has 1 aromatic heterocycles. The molecule has 0 spiro atoms. The highest BCUT2D eigenvalue weighted by atomic mass is 32.2. The Morgan fingerprint density at radius 3 is 2.74 bits per heavy atom. The molecule has 1 aromatic carbocycles. The Kier molecular flexibility index (Phi) is 8.05. The van der Waals surface area contributed by atoms with Crippen molar-refractivity contribution in [2.75, 3.05) is 22.9 Å². The molecule has 3 N–H and O–H groups in total. The lowest BCUT2D eigenvalue weighted by molar-refractivity contribution is -0.122. The van der Waals surface area contributed by atoms with E-state index in [2.05, 4.69) is 40.0 Å². The summed E-state index contributed by atoms with van der Waals surface area (Å²) in [5, 5.41) is 17.6. The third kappa shape index (κ3) is 6.84. The Hall–Kier alpha value is -2.13. The number of amides is 2. The first kappa shape index (κ1) is 21.2. The van der Waals surface area contributed by atoms with Gasteiger partial charge in [-0.1, -0.05) is 42.2 Å². The van der Waals surface area contributed by atoms with E-state index < -0.39 is 0 Å². The van der Waals surface area contributed by atoms with Gasteiger partial charge in [-0.15, -0.1) is 10.2 Å². The first-order valence-electron chi connectivity index (χ1n) is 8.74. The predicted molar refractivity (Wildman–Crippen MR) is 112 cm³/mol. The third-order valence-corrected chi connectivity index (χ3v) is 6.03. The van der Waals surface area contributed by atoms with E-state index in [1.54, 1.807) is 0 Å². The van der Waals surface area contributed by atoms with E-state index in [9.17, 15) is 9.59 Å². The second-order valence-corrected chi connectivity index (χ2v) is 8.39. The van der Waals surface area contributed by atoms with E-state index in [0.717, 1.165) is 32.7 Å². The summed E-state index contributed by atoms with van der Waals surface area (Å²) < 4.78 is 0.718. The number of carbonyl (C=O) groups excluding carboxylic acids is 2. The fraction of sp³-hybridized carbons (Fsp3) is 0.444. The summed E-state index contributed by atoms with van der Waals surface area (Å²) >= 11 is 2.72. The van der Waals surface area contributed by atoms with Gasteiger partial charge in [0, 0.05) is 11.7 Å². The topological polar surface area (TPSA) is 96.0 Å². The minimum atomic E-state index is -0.252. The molecule has 2 amide bonds. The van der Waals surface area contributed by atoms with Gasteiger partial charge in [0.1, 0.15) is 0 Å². The SMILES string of the molecule is CC[C@H](C)Nc1nnc(SCC(=O)NCC(=O)Nc2cccc(C)c2C)s1. The second kappa shape index (κ2) is 10.3. The Morgan fingerprint density at radius 2 is 2.00 bits per heavy atom. The van der Waals surface area contributed by atoms with Gasteiger partial charge in [0.15, 0.2) is 4.34 Å². The largest absolute Gasteiger partial charge is 0.358 e. The molecule has 1 atom stereocenters. The Labute approximate surface area is 167 Å². The van der Waals surface area contributed by atoms with Crippen molar-refractivity contribution in [3.05, 3.63) is 29.3 Å². The molecular formula is C18H25N5O2S2. The number of aryl methyl sites for hydroxylation is 1. The summed E-state index contributed by atoms with van der Waals surface area (Å²) in [6.07, 6.45) is 0.995. The van der Waals surface area contributed by atoms with Crippen molar-refractivity contribution in [2.45, 2.75) is 44.5 Å². The van der Waals surface area contributed by atoms with Crippen molar-refractivity contribution in [3.8, 4) is 0 Å². The normalized spacial score (nSPS) is 11.7. The van der Waals surface area contributed by atoms with Gasteiger partial charge < -0.3 is 16.0 Å². The number of benzene rings is 1. The molecule has 0 aliphatic carbocycles. The first-order chi connectivity index (χ1) is 12.9. The zero-order valence-corrected chi connectivity index (χ0v) is 17.6.